The van der Waals surface area contributed by atoms with Gasteiger partial charge in [0.25, 0.3) is 0 Å². The van der Waals surface area contributed by atoms with E-state index in [9.17, 15) is 13.2 Å². The van der Waals surface area contributed by atoms with Crippen molar-refractivity contribution in [3.05, 3.63) is 58.6 Å². The zero-order valence-electron chi connectivity index (χ0n) is 13.2. The molecule has 1 heterocycles. The van der Waals surface area contributed by atoms with E-state index in [2.05, 4.69) is 15.9 Å². The van der Waals surface area contributed by atoms with E-state index in [1.54, 1.807) is 24.3 Å². The van der Waals surface area contributed by atoms with Crippen molar-refractivity contribution in [2.75, 3.05) is 26.3 Å². The van der Waals surface area contributed by atoms with Crippen molar-refractivity contribution in [2.45, 2.75) is 4.90 Å². The van der Waals surface area contributed by atoms with Gasteiger partial charge in [-0.25, -0.2) is 13.2 Å². The summed E-state index contributed by atoms with van der Waals surface area (Å²) in [5, 5.41) is 0. The fourth-order valence-corrected chi connectivity index (χ4v) is 4.04. The third kappa shape index (κ3) is 4.27. The number of rotatable bonds is 4. The fourth-order valence-electron chi connectivity index (χ4n) is 2.37. The molecule has 25 heavy (non-hydrogen) atoms. The second-order valence-electron chi connectivity index (χ2n) is 5.38. The number of morpholine rings is 1. The Morgan fingerprint density at radius 2 is 1.60 bits per heavy atom. The van der Waals surface area contributed by atoms with Crippen LogP contribution in [0.5, 0.6) is 5.75 Å². The second kappa shape index (κ2) is 7.65. The molecule has 1 aliphatic rings. The van der Waals surface area contributed by atoms with Crippen LogP contribution in [0.25, 0.3) is 0 Å². The number of hydrogen-bond donors (Lipinski definition) is 0. The van der Waals surface area contributed by atoms with Gasteiger partial charge in [-0.1, -0.05) is 15.9 Å². The van der Waals surface area contributed by atoms with Gasteiger partial charge < -0.3 is 9.47 Å². The molecule has 0 aliphatic carbocycles. The van der Waals surface area contributed by atoms with E-state index < -0.39 is 16.0 Å². The topological polar surface area (TPSA) is 72.9 Å². The molecule has 1 saturated heterocycles. The van der Waals surface area contributed by atoms with Crippen LogP contribution in [0.3, 0.4) is 0 Å². The minimum absolute atomic E-state index is 0.148. The van der Waals surface area contributed by atoms with Gasteiger partial charge in [0.2, 0.25) is 10.0 Å². The van der Waals surface area contributed by atoms with Gasteiger partial charge in [-0.2, -0.15) is 4.31 Å². The summed E-state index contributed by atoms with van der Waals surface area (Å²) in [7, 11) is -3.57. The SMILES string of the molecule is O=C(Oc1ccc(Br)cc1)c1ccc(S(=O)(=O)N2CCOCC2)cc1. The first-order valence-corrected chi connectivity index (χ1v) is 9.86. The smallest absolute Gasteiger partial charge is 0.343 e. The van der Waals surface area contributed by atoms with Crippen LogP contribution in [-0.4, -0.2) is 45.0 Å². The maximum Gasteiger partial charge on any atom is 0.343 e. The molecule has 0 amide bonds. The molecule has 2 aromatic rings. The van der Waals surface area contributed by atoms with Gasteiger partial charge >= 0.3 is 5.97 Å². The Labute approximate surface area is 154 Å². The molecular weight excluding hydrogens is 410 g/mol. The van der Waals surface area contributed by atoms with Crippen LogP contribution in [-0.2, 0) is 14.8 Å². The highest BCUT2D eigenvalue weighted by molar-refractivity contribution is 9.10. The molecule has 8 heteroatoms. The molecule has 0 atom stereocenters. The molecule has 0 bridgehead atoms. The molecule has 0 unspecified atom stereocenters. The number of benzene rings is 2. The monoisotopic (exact) mass is 425 g/mol. The number of hydrogen-bond acceptors (Lipinski definition) is 5. The normalized spacial score (nSPS) is 15.7. The maximum absolute atomic E-state index is 12.5. The van der Waals surface area contributed by atoms with Crippen LogP contribution < -0.4 is 4.74 Å². The van der Waals surface area contributed by atoms with Crippen molar-refractivity contribution in [1.29, 1.82) is 0 Å². The van der Waals surface area contributed by atoms with Crippen LogP contribution in [0.2, 0.25) is 0 Å². The fraction of sp³-hybridized carbons (Fsp3) is 0.235. The Hall–Kier alpha value is -1.74. The Morgan fingerprint density at radius 3 is 2.20 bits per heavy atom. The first kappa shape index (κ1) is 18.1. The molecule has 0 radical (unpaired) electrons. The summed E-state index contributed by atoms with van der Waals surface area (Å²) in [6, 6.07) is 12.6. The van der Waals surface area contributed by atoms with E-state index in [4.69, 9.17) is 9.47 Å². The summed E-state index contributed by atoms with van der Waals surface area (Å²) in [5.74, 6) is -0.129. The van der Waals surface area contributed by atoms with Crippen molar-refractivity contribution in [3.63, 3.8) is 0 Å². The first-order chi connectivity index (χ1) is 12.0. The van der Waals surface area contributed by atoms with Gasteiger partial charge in [0.1, 0.15) is 5.75 Å². The number of nitrogens with zero attached hydrogens (tertiary/aromatic N) is 1. The van der Waals surface area contributed by atoms with Crippen LogP contribution in [0.1, 0.15) is 10.4 Å². The molecule has 0 spiro atoms. The highest BCUT2D eigenvalue weighted by atomic mass is 79.9. The molecule has 0 N–H and O–H groups in total. The lowest BCUT2D eigenvalue weighted by Gasteiger charge is -2.26. The molecule has 0 saturated carbocycles. The Morgan fingerprint density at radius 1 is 1.00 bits per heavy atom. The Kier molecular flexibility index (Phi) is 5.53. The molecule has 6 nitrogen and oxygen atoms in total. The lowest BCUT2D eigenvalue weighted by atomic mass is 10.2. The zero-order valence-corrected chi connectivity index (χ0v) is 15.6. The van der Waals surface area contributed by atoms with Gasteiger partial charge in [-0.3, -0.25) is 0 Å². The summed E-state index contributed by atoms with van der Waals surface area (Å²) in [6.45, 7) is 1.43. The number of carbonyl (C=O) groups excluding carboxylic acids is 1. The summed E-state index contributed by atoms with van der Waals surface area (Å²) in [4.78, 5) is 12.3. The Bertz CT molecular complexity index is 844. The molecular formula is C17H16BrNO5S. The zero-order chi connectivity index (χ0) is 17.9. The highest BCUT2D eigenvalue weighted by Gasteiger charge is 2.26. The molecule has 2 aromatic carbocycles. The molecule has 3 rings (SSSR count). The quantitative estimate of drug-likeness (QED) is 0.556. The summed E-state index contributed by atoms with van der Waals surface area (Å²) >= 11 is 3.31. The van der Waals surface area contributed by atoms with Crippen LogP contribution >= 0.6 is 15.9 Å². The lowest BCUT2D eigenvalue weighted by molar-refractivity contribution is 0.0730. The summed E-state index contributed by atoms with van der Waals surface area (Å²) in [6.07, 6.45) is 0. The third-order valence-corrected chi connectivity index (χ3v) is 6.16. The molecule has 0 aromatic heterocycles. The molecule has 132 valence electrons. The van der Waals surface area contributed by atoms with Crippen LogP contribution in [0, 0.1) is 0 Å². The third-order valence-electron chi connectivity index (χ3n) is 3.72. The van der Waals surface area contributed by atoms with Gasteiger partial charge in [-0.15, -0.1) is 0 Å². The summed E-state index contributed by atoms with van der Waals surface area (Å²) < 4.78 is 37.8. The van der Waals surface area contributed by atoms with Crippen LogP contribution in [0.4, 0.5) is 0 Å². The first-order valence-electron chi connectivity index (χ1n) is 7.62. The second-order valence-corrected chi connectivity index (χ2v) is 8.24. The highest BCUT2D eigenvalue weighted by Crippen LogP contribution is 2.20. The van der Waals surface area contributed by atoms with Crippen molar-refractivity contribution in [3.8, 4) is 5.75 Å². The van der Waals surface area contributed by atoms with E-state index in [0.29, 0.717) is 32.1 Å². The number of esters is 1. The standard InChI is InChI=1S/C17H16BrNO5S/c18-14-3-5-15(6-4-14)24-17(20)13-1-7-16(8-2-13)25(21,22)19-9-11-23-12-10-19/h1-8H,9-12H2. The van der Waals surface area contributed by atoms with Crippen molar-refractivity contribution in [2.24, 2.45) is 0 Å². The van der Waals surface area contributed by atoms with Gasteiger partial charge in [0, 0.05) is 17.6 Å². The summed E-state index contributed by atoms with van der Waals surface area (Å²) in [5.41, 5.74) is 0.281. The minimum atomic E-state index is -3.57. The lowest BCUT2D eigenvalue weighted by Crippen LogP contribution is -2.40. The van der Waals surface area contributed by atoms with E-state index in [1.165, 1.54) is 28.6 Å². The largest absolute Gasteiger partial charge is 0.423 e. The van der Waals surface area contributed by atoms with Crippen molar-refractivity contribution >= 4 is 31.9 Å². The molecule has 1 aliphatic heterocycles. The molecule has 1 fully saturated rings. The number of sulfonamides is 1. The predicted octanol–water partition coefficient (Wildman–Crippen LogP) is 2.69. The van der Waals surface area contributed by atoms with Crippen LogP contribution in [0.15, 0.2) is 57.9 Å². The average Bonchev–Trinajstić information content (AvgIpc) is 2.64. The number of carbonyl (C=O) groups is 1. The van der Waals surface area contributed by atoms with E-state index in [-0.39, 0.29) is 10.5 Å². The maximum atomic E-state index is 12.5. The van der Waals surface area contributed by atoms with E-state index in [0.717, 1.165) is 4.47 Å². The average molecular weight is 426 g/mol. The van der Waals surface area contributed by atoms with Crippen molar-refractivity contribution in [1.82, 2.24) is 4.31 Å². The van der Waals surface area contributed by atoms with Gasteiger partial charge in [0.15, 0.2) is 0 Å². The van der Waals surface area contributed by atoms with Gasteiger partial charge in [-0.05, 0) is 48.5 Å². The van der Waals surface area contributed by atoms with E-state index >= 15 is 0 Å². The Balaban J connectivity index is 1.73. The number of ether oxygens (including phenoxy) is 2. The van der Waals surface area contributed by atoms with Crippen molar-refractivity contribution < 1.29 is 22.7 Å². The van der Waals surface area contributed by atoms with Gasteiger partial charge in [0.05, 0.1) is 23.7 Å². The predicted molar refractivity (Wildman–Crippen MR) is 95.1 cm³/mol. The number of halogens is 1. The van der Waals surface area contributed by atoms with E-state index in [1.807, 2.05) is 0 Å². The minimum Gasteiger partial charge on any atom is -0.423 e.